The average molecular weight is 264 g/mol. The maximum atomic E-state index is 11.1. The van der Waals surface area contributed by atoms with Crippen molar-refractivity contribution in [3.8, 4) is 0 Å². The van der Waals surface area contributed by atoms with Crippen LogP contribution in [0.25, 0.3) is 0 Å². The van der Waals surface area contributed by atoms with E-state index >= 15 is 0 Å². The number of nitrogens with zero attached hydrogens (tertiary/aromatic N) is 2. The van der Waals surface area contributed by atoms with Crippen molar-refractivity contribution >= 4 is 22.8 Å². The Hall–Kier alpha value is -0.900. The van der Waals surface area contributed by atoms with Gasteiger partial charge in [0.2, 0.25) is 0 Å². The molecule has 0 N–H and O–H groups in total. The van der Waals surface area contributed by atoms with Crippen LogP contribution in [-0.2, 0) is 0 Å². The molecule has 98 valence electrons. The number of carbonyl (C=O) groups is 1. The summed E-state index contributed by atoms with van der Waals surface area (Å²) in [6.07, 6.45) is 7.51. The summed E-state index contributed by atoms with van der Waals surface area (Å²) in [5.41, 5.74) is 1.07. The Kier molecular flexibility index (Phi) is 3.37. The lowest BCUT2D eigenvalue weighted by molar-refractivity contribution is 0.112. The highest BCUT2D eigenvalue weighted by Gasteiger charge is 2.31. The number of rotatable bonds is 6. The van der Waals surface area contributed by atoms with Gasteiger partial charge in [-0.1, -0.05) is 17.8 Å². The van der Waals surface area contributed by atoms with Crippen LogP contribution >= 0.6 is 11.3 Å². The van der Waals surface area contributed by atoms with Gasteiger partial charge in [-0.2, -0.15) is 0 Å². The van der Waals surface area contributed by atoms with E-state index in [0.29, 0.717) is 5.92 Å². The maximum absolute atomic E-state index is 11.1. The second-order valence-corrected chi connectivity index (χ2v) is 6.48. The maximum Gasteiger partial charge on any atom is 0.186 e. The number of hydrogen-bond acceptors (Lipinski definition) is 4. The fourth-order valence-electron chi connectivity index (χ4n) is 2.53. The van der Waals surface area contributed by atoms with Gasteiger partial charge in [0.05, 0.1) is 10.6 Å². The van der Waals surface area contributed by atoms with E-state index in [9.17, 15) is 4.79 Å². The van der Waals surface area contributed by atoms with Crippen LogP contribution in [-0.4, -0.2) is 24.4 Å². The SMILES string of the molecule is CCN(CC1CCC1)c1nc(C2CC2)c(C=O)s1. The van der Waals surface area contributed by atoms with Crippen molar-refractivity contribution in [2.75, 3.05) is 18.0 Å². The van der Waals surface area contributed by atoms with Gasteiger partial charge >= 0.3 is 0 Å². The van der Waals surface area contributed by atoms with Gasteiger partial charge in [-0.25, -0.2) is 4.98 Å². The molecule has 3 rings (SSSR count). The number of aldehydes is 1. The zero-order valence-corrected chi connectivity index (χ0v) is 11.7. The van der Waals surface area contributed by atoms with Crippen LogP contribution in [0.3, 0.4) is 0 Å². The highest BCUT2D eigenvalue weighted by Crippen LogP contribution is 2.43. The van der Waals surface area contributed by atoms with Gasteiger partial charge in [-0.15, -0.1) is 0 Å². The summed E-state index contributed by atoms with van der Waals surface area (Å²) in [5.74, 6) is 1.41. The lowest BCUT2D eigenvalue weighted by atomic mass is 9.85. The molecular formula is C14H20N2OS. The summed E-state index contributed by atoms with van der Waals surface area (Å²) >= 11 is 1.58. The Morgan fingerprint density at radius 1 is 1.39 bits per heavy atom. The molecule has 0 saturated heterocycles. The van der Waals surface area contributed by atoms with Gasteiger partial charge in [0.1, 0.15) is 0 Å². The molecule has 0 amide bonds. The quantitative estimate of drug-likeness (QED) is 0.738. The van der Waals surface area contributed by atoms with Crippen molar-refractivity contribution in [3.63, 3.8) is 0 Å². The molecule has 2 saturated carbocycles. The Labute approximate surface area is 112 Å². The standard InChI is InChI=1S/C14H20N2OS/c1-2-16(8-10-4-3-5-10)14-15-13(11-6-7-11)12(9-17)18-14/h9-11H,2-8H2,1H3. The number of aromatic nitrogens is 1. The third-order valence-electron chi connectivity index (χ3n) is 4.10. The molecule has 18 heavy (non-hydrogen) atoms. The Morgan fingerprint density at radius 3 is 2.67 bits per heavy atom. The van der Waals surface area contributed by atoms with E-state index in [1.165, 1.54) is 32.1 Å². The monoisotopic (exact) mass is 264 g/mol. The molecule has 0 unspecified atom stereocenters. The van der Waals surface area contributed by atoms with Crippen LogP contribution in [0.1, 0.15) is 60.3 Å². The van der Waals surface area contributed by atoms with Crippen molar-refractivity contribution in [1.82, 2.24) is 4.98 Å². The topological polar surface area (TPSA) is 33.2 Å². The second-order valence-electron chi connectivity index (χ2n) is 5.47. The minimum absolute atomic E-state index is 0.567. The molecule has 0 atom stereocenters. The molecule has 2 fully saturated rings. The number of hydrogen-bond donors (Lipinski definition) is 0. The molecule has 2 aliphatic carbocycles. The van der Waals surface area contributed by atoms with Crippen molar-refractivity contribution < 1.29 is 4.79 Å². The smallest absolute Gasteiger partial charge is 0.186 e. The number of thiazole rings is 1. The largest absolute Gasteiger partial charge is 0.348 e. The predicted molar refractivity (Wildman–Crippen MR) is 74.7 cm³/mol. The Morgan fingerprint density at radius 2 is 2.17 bits per heavy atom. The molecule has 0 aliphatic heterocycles. The minimum atomic E-state index is 0.567. The lowest BCUT2D eigenvalue weighted by Crippen LogP contribution is -2.32. The predicted octanol–water partition coefficient (Wildman–Crippen LogP) is 3.46. The van der Waals surface area contributed by atoms with Gasteiger partial charge in [-0.05, 0) is 38.5 Å². The summed E-state index contributed by atoms with van der Waals surface area (Å²) in [4.78, 5) is 19.1. The van der Waals surface area contributed by atoms with Crippen LogP contribution in [0.2, 0.25) is 0 Å². The van der Waals surface area contributed by atoms with Crippen LogP contribution in [0, 0.1) is 5.92 Å². The number of carbonyl (C=O) groups excluding carboxylic acids is 1. The first-order chi connectivity index (χ1) is 8.81. The van der Waals surface area contributed by atoms with E-state index in [4.69, 9.17) is 4.98 Å². The van der Waals surface area contributed by atoms with E-state index in [1.54, 1.807) is 11.3 Å². The summed E-state index contributed by atoms with van der Waals surface area (Å²) < 4.78 is 0. The molecule has 2 aliphatic rings. The molecule has 0 radical (unpaired) electrons. The van der Waals surface area contributed by atoms with E-state index in [2.05, 4.69) is 11.8 Å². The van der Waals surface area contributed by atoms with Crippen molar-refractivity contribution in [3.05, 3.63) is 10.6 Å². The average Bonchev–Trinajstić information content (AvgIpc) is 3.08. The molecular weight excluding hydrogens is 244 g/mol. The first-order valence-electron chi connectivity index (χ1n) is 7.02. The van der Waals surface area contributed by atoms with Crippen LogP contribution in [0.5, 0.6) is 0 Å². The molecule has 0 bridgehead atoms. The fraction of sp³-hybridized carbons (Fsp3) is 0.714. The van der Waals surface area contributed by atoms with Crippen molar-refractivity contribution in [2.24, 2.45) is 5.92 Å². The summed E-state index contributed by atoms with van der Waals surface area (Å²) in [5, 5.41) is 1.06. The van der Waals surface area contributed by atoms with E-state index in [-0.39, 0.29) is 0 Å². The molecule has 0 aromatic carbocycles. The number of anilines is 1. The first kappa shape index (κ1) is 12.2. The van der Waals surface area contributed by atoms with Crippen molar-refractivity contribution in [1.29, 1.82) is 0 Å². The highest BCUT2D eigenvalue weighted by molar-refractivity contribution is 7.17. The molecule has 1 aromatic rings. The van der Waals surface area contributed by atoms with Gasteiger partial charge in [0.25, 0.3) is 0 Å². The Bertz CT molecular complexity index is 435. The molecule has 4 heteroatoms. The lowest BCUT2D eigenvalue weighted by Gasteiger charge is -2.31. The van der Waals surface area contributed by atoms with Gasteiger partial charge in [-0.3, -0.25) is 4.79 Å². The van der Waals surface area contributed by atoms with Crippen LogP contribution in [0.4, 0.5) is 5.13 Å². The normalized spacial score (nSPS) is 19.6. The zero-order chi connectivity index (χ0) is 12.5. The van der Waals surface area contributed by atoms with Crippen LogP contribution < -0.4 is 4.90 Å². The van der Waals surface area contributed by atoms with Gasteiger partial charge in [0, 0.05) is 19.0 Å². The summed E-state index contributed by atoms with van der Waals surface area (Å²) in [7, 11) is 0. The third-order valence-corrected chi connectivity index (χ3v) is 5.15. The van der Waals surface area contributed by atoms with E-state index in [1.807, 2.05) is 0 Å². The zero-order valence-electron chi connectivity index (χ0n) is 10.9. The first-order valence-corrected chi connectivity index (χ1v) is 7.84. The summed E-state index contributed by atoms with van der Waals surface area (Å²) in [6.45, 7) is 4.29. The third kappa shape index (κ3) is 2.30. The summed E-state index contributed by atoms with van der Waals surface area (Å²) in [6, 6.07) is 0. The molecule has 1 aromatic heterocycles. The minimum Gasteiger partial charge on any atom is -0.348 e. The van der Waals surface area contributed by atoms with Crippen molar-refractivity contribution in [2.45, 2.75) is 44.9 Å². The second kappa shape index (κ2) is 5.00. The molecule has 0 spiro atoms. The van der Waals surface area contributed by atoms with E-state index in [0.717, 1.165) is 41.0 Å². The molecule has 1 heterocycles. The van der Waals surface area contributed by atoms with Crippen LogP contribution in [0.15, 0.2) is 0 Å². The van der Waals surface area contributed by atoms with Gasteiger partial charge in [0.15, 0.2) is 11.4 Å². The fourth-order valence-corrected chi connectivity index (χ4v) is 3.57. The molecule has 3 nitrogen and oxygen atoms in total. The van der Waals surface area contributed by atoms with E-state index < -0.39 is 0 Å². The highest BCUT2D eigenvalue weighted by atomic mass is 32.1. The Balaban J connectivity index is 1.77. The van der Waals surface area contributed by atoms with Gasteiger partial charge < -0.3 is 4.90 Å².